The SMILES string of the molecule is CC(C)c1ccc(CC(N)C2(N(C)C)CCCC2)cc1. The lowest BCUT2D eigenvalue weighted by atomic mass is 9.83. The Labute approximate surface area is 124 Å². The summed E-state index contributed by atoms with van der Waals surface area (Å²) >= 11 is 0. The van der Waals surface area contributed by atoms with Gasteiger partial charge in [0.15, 0.2) is 0 Å². The second-order valence-corrected chi connectivity index (χ2v) is 6.91. The van der Waals surface area contributed by atoms with Crippen molar-refractivity contribution in [3.05, 3.63) is 35.4 Å². The van der Waals surface area contributed by atoms with Crippen molar-refractivity contribution in [1.82, 2.24) is 4.90 Å². The third-order valence-corrected chi connectivity index (χ3v) is 5.15. The summed E-state index contributed by atoms with van der Waals surface area (Å²) in [5.41, 5.74) is 9.59. The molecule has 0 radical (unpaired) electrons. The van der Waals surface area contributed by atoms with E-state index in [4.69, 9.17) is 5.73 Å². The molecule has 1 unspecified atom stereocenters. The second kappa shape index (κ2) is 6.28. The molecule has 2 N–H and O–H groups in total. The van der Waals surface area contributed by atoms with Gasteiger partial charge in [0, 0.05) is 11.6 Å². The van der Waals surface area contributed by atoms with Crippen molar-refractivity contribution in [2.75, 3.05) is 14.1 Å². The van der Waals surface area contributed by atoms with Crippen LogP contribution in [0.25, 0.3) is 0 Å². The summed E-state index contributed by atoms with van der Waals surface area (Å²) in [7, 11) is 4.38. The number of nitrogens with zero attached hydrogens (tertiary/aromatic N) is 1. The highest BCUT2D eigenvalue weighted by atomic mass is 15.2. The lowest BCUT2D eigenvalue weighted by Crippen LogP contribution is -2.56. The van der Waals surface area contributed by atoms with Crippen LogP contribution in [0.3, 0.4) is 0 Å². The molecular formula is C18H30N2. The first-order valence-corrected chi connectivity index (χ1v) is 7.97. The predicted molar refractivity (Wildman–Crippen MR) is 87.1 cm³/mol. The Morgan fingerprint density at radius 3 is 2.10 bits per heavy atom. The Bertz CT molecular complexity index is 414. The molecule has 1 aromatic carbocycles. The van der Waals surface area contributed by atoms with Crippen LogP contribution in [-0.4, -0.2) is 30.6 Å². The van der Waals surface area contributed by atoms with E-state index in [0.717, 1.165) is 6.42 Å². The Kier molecular flexibility index (Phi) is 4.87. The highest BCUT2D eigenvalue weighted by Crippen LogP contribution is 2.37. The minimum absolute atomic E-state index is 0.205. The van der Waals surface area contributed by atoms with Gasteiger partial charge < -0.3 is 10.6 Å². The standard InChI is InChI=1S/C18H30N2/c1-14(2)16-9-7-15(8-10-16)13-17(19)18(20(3)4)11-5-6-12-18/h7-10,14,17H,5-6,11-13,19H2,1-4H3. The molecule has 1 aliphatic rings. The molecule has 1 aliphatic carbocycles. The highest BCUT2D eigenvalue weighted by molar-refractivity contribution is 5.26. The molecule has 1 fully saturated rings. The third-order valence-electron chi connectivity index (χ3n) is 5.15. The molecule has 2 nitrogen and oxygen atoms in total. The van der Waals surface area contributed by atoms with Gasteiger partial charge in [-0.2, -0.15) is 0 Å². The van der Waals surface area contributed by atoms with Crippen molar-refractivity contribution >= 4 is 0 Å². The molecule has 0 saturated heterocycles. The smallest absolute Gasteiger partial charge is 0.0357 e. The fourth-order valence-corrected chi connectivity index (χ4v) is 3.62. The van der Waals surface area contributed by atoms with Crippen LogP contribution in [0, 0.1) is 0 Å². The largest absolute Gasteiger partial charge is 0.326 e. The topological polar surface area (TPSA) is 29.3 Å². The Morgan fingerprint density at radius 2 is 1.65 bits per heavy atom. The highest BCUT2D eigenvalue weighted by Gasteiger charge is 2.41. The summed E-state index contributed by atoms with van der Waals surface area (Å²) in [6, 6.07) is 9.25. The Morgan fingerprint density at radius 1 is 1.10 bits per heavy atom. The minimum atomic E-state index is 0.205. The van der Waals surface area contributed by atoms with Crippen LogP contribution in [0.15, 0.2) is 24.3 Å². The summed E-state index contributed by atoms with van der Waals surface area (Å²) in [6.07, 6.45) is 6.10. The quantitative estimate of drug-likeness (QED) is 0.889. The molecule has 1 saturated carbocycles. The maximum absolute atomic E-state index is 6.60. The molecule has 1 aromatic rings. The van der Waals surface area contributed by atoms with Gasteiger partial charge in [-0.05, 0) is 50.4 Å². The van der Waals surface area contributed by atoms with E-state index in [1.165, 1.54) is 36.8 Å². The minimum Gasteiger partial charge on any atom is -0.326 e. The molecule has 2 rings (SSSR count). The van der Waals surface area contributed by atoms with Gasteiger partial charge in [0.2, 0.25) is 0 Å². The van der Waals surface area contributed by atoms with Crippen LogP contribution < -0.4 is 5.73 Å². The number of likely N-dealkylation sites (N-methyl/N-ethyl adjacent to an activating group) is 1. The van der Waals surface area contributed by atoms with E-state index in [0.29, 0.717) is 5.92 Å². The molecule has 0 amide bonds. The first kappa shape index (κ1) is 15.5. The molecule has 0 heterocycles. The average molecular weight is 274 g/mol. The van der Waals surface area contributed by atoms with Gasteiger partial charge in [-0.1, -0.05) is 51.0 Å². The zero-order valence-electron chi connectivity index (χ0n) is 13.5. The normalized spacial score (nSPS) is 19.8. The molecule has 0 aliphatic heterocycles. The maximum Gasteiger partial charge on any atom is 0.0357 e. The molecule has 0 bridgehead atoms. The summed E-state index contributed by atoms with van der Waals surface area (Å²) < 4.78 is 0. The number of benzene rings is 1. The first-order valence-electron chi connectivity index (χ1n) is 7.97. The Balaban J connectivity index is 2.08. The van der Waals surface area contributed by atoms with E-state index < -0.39 is 0 Å². The number of rotatable bonds is 5. The van der Waals surface area contributed by atoms with E-state index >= 15 is 0 Å². The first-order chi connectivity index (χ1) is 9.45. The fraction of sp³-hybridized carbons (Fsp3) is 0.667. The number of nitrogens with two attached hydrogens (primary N) is 1. The molecular weight excluding hydrogens is 244 g/mol. The van der Waals surface area contributed by atoms with Crippen LogP contribution in [0.5, 0.6) is 0 Å². The number of hydrogen-bond donors (Lipinski definition) is 1. The van der Waals surface area contributed by atoms with Crippen molar-refractivity contribution in [1.29, 1.82) is 0 Å². The second-order valence-electron chi connectivity index (χ2n) is 6.91. The fourth-order valence-electron chi connectivity index (χ4n) is 3.62. The van der Waals surface area contributed by atoms with Gasteiger partial charge in [0.1, 0.15) is 0 Å². The number of hydrogen-bond acceptors (Lipinski definition) is 2. The molecule has 2 heteroatoms. The van der Waals surface area contributed by atoms with Crippen molar-refractivity contribution in [2.24, 2.45) is 5.73 Å². The van der Waals surface area contributed by atoms with Crippen LogP contribution in [-0.2, 0) is 6.42 Å². The van der Waals surface area contributed by atoms with Gasteiger partial charge >= 0.3 is 0 Å². The Hall–Kier alpha value is -0.860. The van der Waals surface area contributed by atoms with Crippen LogP contribution in [0.1, 0.15) is 56.6 Å². The van der Waals surface area contributed by atoms with Gasteiger partial charge in [-0.25, -0.2) is 0 Å². The lowest BCUT2D eigenvalue weighted by molar-refractivity contribution is 0.123. The van der Waals surface area contributed by atoms with Gasteiger partial charge in [0.05, 0.1) is 0 Å². The van der Waals surface area contributed by atoms with Crippen LogP contribution in [0.4, 0.5) is 0 Å². The van der Waals surface area contributed by atoms with Crippen molar-refractivity contribution in [3.63, 3.8) is 0 Å². The van der Waals surface area contributed by atoms with Gasteiger partial charge in [0.25, 0.3) is 0 Å². The van der Waals surface area contributed by atoms with Crippen molar-refractivity contribution in [2.45, 2.75) is 63.5 Å². The summed E-state index contributed by atoms with van der Waals surface area (Å²) in [4.78, 5) is 2.37. The molecule has 112 valence electrons. The molecule has 20 heavy (non-hydrogen) atoms. The summed E-state index contributed by atoms with van der Waals surface area (Å²) in [5, 5.41) is 0. The average Bonchev–Trinajstić information content (AvgIpc) is 2.90. The van der Waals surface area contributed by atoms with Crippen molar-refractivity contribution in [3.8, 4) is 0 Å². The monoisotopic (exact) mass is 274 g/mol. The van der Waals surface area contributed by atoms with Crippen molar-refractivity contribution < 1.29 is 0 Å². The summed E-state index contributed by atoms with van der Waals surface area (Å²) in [5.74, 6) is 0.598. The van der Waals surface area contributed by atoms with E-state index in [2.05, 4.69) is 57.1 Å². The van der Waals surface area contributed by atoms with Gasteiger partial charge in [-0.15, -0.1) is 0 Å². The zero-order valence-corrected chi connectivity index (χ0v) is 13.5. The van der Waals surface area contributed by atoms with Gasteiger partial charge in [-0.3, -0.25) is 0 Å². The molecule has 0 spiro atoms. The molecule has 1 atom stereocenters. The summed E-state index contributed by atoms with van der Waals surface area (Å²) in [6.45, 7) is 4.47. The maximum atomic E-state index is 6.60. The van der Waals surface area contributed by atoms with E-state index in [1.807, 2.05) is 0 Å². The predicted octanol–water partition coefficient (Wildman–Crippen LogP) is 3.55. The van der Waals surface area contributed by atoms with Crippen LogP contribution in [0.2, 0.25) is 0 Å². The van der Waals surface area contributed by atoms with E-state index in [9.17, 15) is 0 Å². The zero-order chi connectivity index (χ0) is 14.8. The van der Waals surface area contributed by atoms with Crippen LogP contribution >= 0.6 is 0 Å². The van der Waals surface area contributed by atoms with E-state index in [-0.39, 0.29) is 11.6 Å². The third kappa shape index (κ3) is 3.07. The van der Waals surface area contributed by atoms with E-state index in [1.54, 1.807) is 0 Å². The lowest BCUT2D eigenvalue weighted by Gasteiger charge is -2.41. The molecule has 0 aromatic heterocycles.